The lowest BCUT2D eigenvalue weighted by Gasteiger charge is -2.17. The minimum absolute atomic E-state index is 0.00000540. The Hall–Kier alpha value is -1.33. The topological polar surface area (TPSA) is 60.5 Å². The second kappa shape index (κ2) is 7.96. The number of aromatic nitrogens is 1. The Kier molecular flexibility index (Phi) is 6.59. The highest BCUT2D eigenvalue weighted by Gasteiger charge is 2.01. The molecule has 0 atom stereocenters. The number of hydrogen-bond acceptors (Lipinski definition) is 4. The third-order valence-electron chi connectivity index (χ3n) is 2.87. The largest absolute Gasteiger partial charge is 0.398 e. The molecule has 1 aromatic heterocycles. The maximum absolute atomic E-state index is 11.6. The van der Waals surface area contributed by atoms with E-state index < -0.39 is 0 Å². The van der Waals surface area contributed by atoms with Gasteiger partial charge in [-0.05, 0) is 39.9 Å². The summed E-state index contributed by atoms with van der Waals surface area (Å²) < 4.78 is 7.16. The SMILES string of the molecule is CC(C)OCCN(C)CCCn1cc(N)ccc1=O. The highest BCUT2D eigenvalue weighted by atomic mass is 16.5. The molecule has 0 fully saturated rings. The van der Waals surface area contributed by atoms with Gasteiger partial charge in [0.15, 0.2) is 0 Å². The first-order valence-electron chi connectivity index (χ1n) is 6.75. The van der Waals surface area contributed by atoms with E-state index in [2.05, 4.69) is 11.9 Å². The maximum atomic E-state index is 11.6. The number of rotatable bonds is 8. The molecule has 19 heavy (non-hydrogen) atoms. The summed E-state index contributed by atoms with van der Waals surface area (Å²) in [6.07, 6.45) is 2.89. The Bertz CT molecular complexity index is 429. The fourth-order valence-electron chi connectivity index (χ4n) is 1.79. The molecule has 0 bridgehead atoms. The van der Waals surface area contributed by atoms with Gasteiger partial charge in [-0.25, -0.2) is 0 Å². The fraction of sp³-hybridized carbons (Fsp3) is 0.643. The van der Waals surface area contributed by atoms with E-state index in [0.29, 0.717) is 12.2 Å². The molecule has 0 unspecified atom stereocenters. The Morgan fingerprint density at radius 3 is 2.79 bits per heavy atom. The first-order chi connectivity index (χ1) is 8.99. The normalized spacial score (nSPS) is 11.4. The van der Waals surface area contributed by atoms with Gasteiger partial charge in [0.25, 0.3) is 5.56 Å². The molecule has 2 N–H and O–H groups in total. The monoisotopic (exact) mass is 267 g/mol. The van der Waals surface area contributed by atoms with Crippen LogP contribution >= 0.6 is 0 Å². The quantitative estimate of drug-likeness (QED) is 0.768. The number of ether oxygens (including phenoxy) is 1. The molecule has 108 valence electrons. The van der Waals surface area contributed by atoms with Crippen molar-refractivity contribution in [2.45, 2.75) is 32.9 Å². The molecule has 5 heteroatoms. The van der Waals surface area contributed by atoms with Crippen LogP contribution in [0.15, 0.2) is 23.1 Å². The van der Waals surface area contributed by atoms with Crippen LogP contribution in [-0.4, -0.2) is 42.3 Å². The average Bonchev–Trinajstić information content (AvgIpc) is 2.33. The third kappa shape index (κ3) is 6.40. The molecule has 1 rings (SSSR count). The average molecular weight is 267 g/mol. The minimum Gasteiger partial charge on any atom is -0.398 e. The van der Waals surface area contributed by atoms with Crippen LogP contribution in [0.2, 0.25) is 0 Å². The number of nitrogens with two attached hydrogens (primary N) is 1. The number of hydrogen-bond donors (Lipinski definition) is 1. The van der Waals surface area contributed by atoms with Crippen LogP contribution in [0, 0.1) is 0 Å². The van der Waals surface area contributed by atoms with E-state index in [1.807, 2.05) is 13.8 Å². The van der Waals surface area contributed by atoms with Crippen LogP contribution in [0.1, 0.15) is 20.3 Å². The number of aryl methyl sites for hydroxylation is 1. The summed E-state index contributed by atoms with van der Waals surface area (Å²) in [7, 11) is 2.06. The van der Waals surface area contributed by atoms with E-state index in [-0.39, 0.29) is 11.7 Å². The molecule has 0 aliphatic carbocycles. The van der Waals surface area contributed by atoms with Gasteiger partial charge in [0.2, 0.25) is 0 Å². The number of nitrogen functional groups attached to an aromatic ring is 1. The standard InChI is InChI=1S/C14H25N3O2/c1-12(2)19-10-9-16(3)7-4-8-17-11-13(15)5-6-14(17)18/h5-6,11-12H,4,7-10,15H2,1-3H3. The molecular weight excluding hydrogens is 242 g/mol. The summed E-state index contributed by atoms with van der Waals surface area (Å²) in [5, 5.41) is 0. The zero-order valence-electron chi connectivity index (χ0n) is 12.1. The summed E-state index contributed by atoms with van der Waals surface area (Å²) in [6.45, 7) is 7.34. The lowest BCUT2D eigenvalue weighted by Crippen LogP contribution is -2.27. The van der Waals surface area contributed by atoms with Gasteiger partial charge in [0.05, 0.1) is 12.7 Å². The van der Waals surface area contributed by atoms with Crippen molar-refractivity contribution in [2.24, 2.45) is 0 Å². The first-order valence-corrected chi connectivity index (χ1v) is 6.75. The number of anilines is 1. The molecule has 0 aliphatic rings. The Labute approximate surface area is 115 Å². The van der Waals surface area contributed by atoms with Crippen LogP contribution in [-0.2, 0) is 11.3 Å². The fourth-order valence-corrected chi connectivity index (χ4v) is 1.79. The van der Waals surface area contributed by atoms with Gasteiger partial charge in [-0.2, -0.15) is 0 Å². The molecule has 0 aliphatic heterocycles. The van der Waals surface area contributed by atoms with E-state index in [4.69, 9.17) is 10.5 Å². The summed E-state index contributed by atoms with van der Waals surface area (Å²) in [6, 6.07) is 3.14. The Morgan fingerprint density at radius 2 is 2.11 bits per heavy atom. The molecule has 1 heterocycles. The van der Waals surface area contributed by atoms with Crippen molar-refractivity contribution < 1.29 is 4.74 Å². The van der Waals surface area contributed by atoms with Crippen molar-refractivity contribution >= 4 is 5.69 Å². The van der Waals surface area contributed by atoms with Gasteiger partial charge in [-0.3, -0.25) is 4.79 Å². The van der Waals surface area contributed by atoms with Crippen molar-refractivity contribution in [2.75, 3.05) is 32.5 Å². The van der Waals surface area contributed by atoms with Gasteiger partial charge in [0.1, 0.15) is 0 Å². The zero-order valence-corrected chi connectivity index (χ0v) is 12.1. The predicted molar refractivity (Wildman–Crippen MR) is 78.3 cm³/mol. The van der Waals surface area contributed by atoms with E-state index in [0.717, 1.165) is 26.1 Å². The second-order valence-electron chi connectivity index (χ2n) is 5.07. The van der Waals surface area contributed by atoms with Crippen LogP contribution in [0.4, 0.5) is 5.69 Å². The molecule has 0 spiro atoms. The number of pyridine rings is 1. The smallest absolute Gasteiger partial charge is 0.250 e. The summed E-state index contributed by atoms with van der Waals surface area (Å²) in [4.78, 5) is 13.8. The highest BCUT2D eigenvalue weighted by Crippen LogP contribution is 1.98. The van der Waals surface area contributed by atoms with Crippen molar-refractivity contribution in [3.63, 3.8) is 0 Å². The van der Waals surface area contributed by atoms with Crippen molar-refractivity contribution in [1.82, 2.24) is 9.47 Å². The zero-order chi connectivity index (χ0) is 14.3. The van der Waals surface area contributed by atoms with Gasteiger partial charge in [-0.1, -0.05) is 0 Å². The van der Waals surface area contributed by atoms with Gasteiger partial charge < -0.3 is 19.9 Å². The highest BCUT2D eigenvalue weighted by molar-refractivity contribution is 5.33. The van der Waals surface area contributed by atoms with E-state index in [1.54, 1.807) is 16.8 Å². The Balaban J connectivity index is 2.26. The van der Waals surface area contributed by atoms with E-state index in [1.165, 1.54) is 6.07 Å². The van der Waals surface area contributed by atoms with E-state index >= 15 is 0 Å². The summed E-state index contributed by atoms with van der Waals surface area (Å²) in [5.74, 6) is 0. The number of likely N-dealkylation sites (N-methyl/N-ethyl adjacent to an activating group) is 1. The van der Waals surface area contributed by atoms with Crippen molar-refractivity contribution in [3.8, 4) is 0 Å². The van der Waals surface area contributed by atoms with Crippen molar-refractivity contribution in [1.29, 1.82) is 0 Å². The maximum Gasteiger partial charge on any atom is 0.250 e. The second-order valence-corrected chi connectivity index (χ2v) is 5.07. The molecule has 1 aromatic rings. The van der Waals surface area contributed by atoms with E-state index in [9.17, 15) is 4.79 Å². The molecule has 0 saturated carbocycles. The van der Waals surface area contributed by atoms with Crippen molar-refractivity contribution in [3.05, 3.63) is 28.7 Å². The molecule has 0 saturated heterocycles. The summed E-state index contributed by atoms with van der Waals surface area (Å²) in [5.41, 5.74) is 6.29. The van der Waals surface area contributed by atoms with Gasteiger partial charge in [0, 0.05) is 31.0 Å². The van der Waals surface area contributed by atoms with Crippen LogP contribution in [0.25, 0.3) is 0 Å². The third-order valence-corrected chi connectivity index (χ3v) is 2.87. The molecular formula is C14H25N3O2. The molecule has 0 radical (unpaired) electrons. The molecule has 0 aromatic carbocycles. The first kappa shape index (κ1) is 15.7. The lowest BCUT2D eigenvalue weighted by atomic mass is 10.3. The number of nitrogens with zero attached hydrogens (tertiary/aromatic N) is 2. The summed E-state index contributed by atoms with van der Waals surface area (Å²) >= 11 is 0. The Morgan fingerprint density at radius 1 is 1.37 bits per heavy atom. The minimum atomic E-state index is -0.00000540. The molecule has 5 nitrogen and oxygen atoms in total. The lowest BCUT2D eigenvalue weighted by molar-refractivity contribution is 0.0635. The van der Waals surface area contributed by atoms with Gasteiger partial charge >= 0.3 is 0 Å². The van der Waals surface area contributed by atoms with Crippen LogP contribution in [0.3, 0.4) is 0 Å². The van der Waals surface area contributed by atoms with Crippen LogP contribution in [0.5, 0.6) is 0 Å². The predicted octanol–water partition coefficient (Wildman–Crippen LogP) is 1.18. The van der Waals surface area contributed by atoms with Crippen LogP contribution < -0.4 is 11.3 Å². The molecule has 0 amide bonds. The van der Waals surface area contributed by atoms with Gasteiger partial charge in [-0.15, -0.1) is 0 Å².